The fraction of sp³-hybridized carbons (Fsp3) is 0.571. The summed E-state index contributed by atoms with van der Waals surface area (Å²) in [5.74, 6) is -2.86. The van der Waals surface area contributed by atoms with Crippen molar-refractivity contribution in [1.82, 2.24) is 0 Å². The molecule has 0 amide bonds. The van der Waals surface area contributed by atoms with Gasteiger partial charge in [-0.15, -0.1) is 0 Å². The van der Waals surface area contributed by atoms with E-state index in [0.717, 1.165) is 12.1 Å². The SMILES string of the molecule is NC(c1cccc(C(F)(F)F)c1)C1CCC(F)(F)CC1. The summed E-state index contributed by atoms with van der Waals surface area (Å²) < 4.78 is 64.1. The second-order valence-electron chi connectivity index (χ2n) is 5.34. The van der Waals surface area contributed by atoms with Crippen LogP contribution in [0, 0.1) is 5.92 Å². The van der Waals surface area contributed by atoms with Crippen molar-refractivity contribution in [2.24, 2.45) is 11.7 Å². The minimum atomic E-state index is -4.42. The molecule has 1 nitrogen and oxygen atoms in total. The van der Waals surface area contributed by atoms with Crippen LogP contribution in [-0.4, -0.2) is 5.92 Å². The molecule has 1 aromatic rings. The molecule has 112 valence electrons. The molecule has 0 heterocycles. The van der Waals surface area contributed by atoms with E-state index in [1.165, 1.54) is 12.1 Å². The number of rotatable bonds is 2. The Morgan fingerprint density at radius 3 is 2.30 bits per heavy atom. The topological polar surface area (TPSA) is 26.0 Å². The Morgan fingerprint density at radius 1 is 1.15 bits per heavy atom. The van der Waals surface area contributed by atoms with Crippen LogP contribution in [0.1, 0.15) is 42.9 Å². The van der Waals surface area contributed by atoms with Gasteiger partial charge in [-0.25, -0.2) is 8.78 Å². The first-order valence-electron chi connectivity index (χ1n) is 6.50. The summed E-state index contributed by atoms with van der Waals surface area (Å²) in [7, 11) is 0. The smallest absolute Gasteiger partial charge is 0.324 e. The van der Waals surface area contributed by atoms with Crippen LogP contribution < -0.4 is 5.73 Å². The average molecular weight is 293 g/mol. The molecular weight excluding hydrogens is 277 g/mol. The average Bonchev–Trinajstić information content (AvgIpc) is 2.37. The third-order valence-corrected chi connectivity index (χ3v) is 3.87. The molecule has 2 N–H and O–H groups in total. The van der Waals surface area contributed by atoms with Gasteiger partial charge in [-0.3, -0.25) is 0 Å². The van der Waals surface area contributed by atoms with Crippen molar-refractivity contribution in [1.29, 1.82) is 0 Å². The Balaban J connectivity index is 2.12. The minimum absolute atomic E-state index is 0.196. The van der Waals surface area contributed by atoms with Gasteiger partial charge < -0.3 is 5.73 Å². The highest BCUT2D eigenvalue weighted by Gasteiger charge is 2.37. The van der Waals surface area contributed by atoms with Crippen molar-refractivity contribution in [3.63, 3.8) is 0 Å². The van der Waals surface area contributed by atoms with Crippen LogP contribution in [0.15, 0.2) is 24.3 Å². The fourth-order valence-corrected chi connectivity index (χ4v) is 2.62. The maximum absolute atomic E-state index is 13.1. The predicted molar refractivity (Wildman–Crippen MR) is 65.3 cm³/mol. The lowest BCUT2D eigenvalue weighted by atomic mass is 9.80. The van der Waals surface area contributed by atoms with Gasteiger partial charge in [0.05, 0.1) is 5.56 Å². The van der Waals surface area contributed by atoms with Crippen LogP contribution in [0.3, 0.4) is 0 Å². The van der Waals surface area contributed by atoms with E-state index in [2.05, 4.69) is 0 Å². The monoisotopic (exact) mass is 293 g/mol. The van der Waals surface area contributed by atoms with E-state index in [9.17, 15) is 22.0 Å². The highest BCUT2D eigenvalue weighted by atomic mass is 19.4. The van der Waals surface area contributed by atoms with Gasteiger partial charge in [0, 0.05) is 18.9 Å². The lowest BCUT2D eigenvalue weighted by Crippen LogP contribution is -2.31. The summed E-state index contributed by atoms with van der Waals surface area (Å²) in [6, 6.07) is 4.18. The lowest BCUT2D eigenvalue weighted by molar-refractivity contribution is -0.137. The molecule has 2 rings (SSSR count). The molecule has 0 radical (unpaired) electrons. The van der Waals surface area contributed by atoms with Crippen LogP contribution in [0.5, 0.6) is 0 Å². The number of hydrogen-bond donors (Lipinski definition) is 1. The van der Waals surface area contributed by atoms with Crippen LogP contribution >= 0.6 is 0 Å². The number of nitrogens with two attached hydrogens (primary N) is 1. The summed E-state index contributed by atoms with van der Waals surface area (Å²) in [5.41, 5.74) is 5.56. The van der Waals surface area contributed by atoms with E-state index >= 15 is 0 Å². The van der Waals surface area contributed by atoms with Crippen LogP contribution in [0.25, 0.3) is 0 Å². The predicted octanol–water partition coefficient (Wildman–Crippen LogP) is 4.53. The number of alkyl halides is 5. The van der Waals surface area contributed by atoms with Crippen LogP contribution in [-0.2, 0) is 6.18 Å². The van der Waals surface area contributed by atoms with Crippen molar-refractivity contribution in [3.8, 4) is 0 Å². The summed E-state index contributed by atoms with van der Waals surface area (Å²) in [6.45, 7) is 0. The van der Waals surface area contributed by atoms with Gasteiger partial charge in [0.25, 0.3) is 0 Å². The zero-order valence-electron chi connectivity index (χ0n) is 10.8. The van der Waals surface area contributed by atoms with E-state index in [0.29, 0.717) is 5.56 Å². The molecule has 1 aliphatic carbocycles. The lowest BCUT2D eigenvalue weighted by Gasteiger charge is -2.32. The molecule has 0 saturated heterocycles. The van der Waals surface area contributed by atoms with Gasteiger partial charge in [-0.05, 0) is 36.5 Å². The van der Waals surface area contributed by atoms with Gasteiger partial charge in [-0.1, -0.05) is 12.1 Å². The molecule has 0 bridgehead atoms. The first-order valence-corrected chi connectivity index (χ1v) is 6.50. The normalized spacial score (nSPS) is 21.7. The first kappa shape index (κ1) is 15.2. The first-order chi connectivity index (χ1) is 9.19. The van der Waals surface area contributed by atoms with E-state index < -0.39 is 23.7 Å². The molecule has 0 aliphatic heterocycles. The summed E-state index contributed by atoms with van der Waals surface area (Å²) in [4.78, 5) is 0. The number of halogens is 5. The summed E-state index contributed by atoms with van der Waals surface area (Å²) in [5, 5.41) is 0. The molecule has 1 atom stereocenters. The van der Waals surface area contributed by atoms with E-state index in [1.54, 1.807) is 0 Å². The Kier molecular flexibility index (Phi) is 4.04. The Morgan fingerprint density at radius 2 is 1.75 bits per heavy atom. The van der Waals surface area contributed by atoms with Crippen LogP contribution in [0.2, 0.25) is 0 Å². The minimum Gasteiger partial charge on any atom is -0.324 e. The summed E-state index contributed by atoms with van der Waals surface area (Å²) >= 11 is 0. The molecule has 1 fully saturated rings. The molecule has 20 heavy (non-hydrogen) atoms. The maximum atomic E-state index is 13.1. The molecule has 1 unspecified atom stereocenters. The third kappa shape index (κ3) is 3.48. The third-order valence-electron chi connectivity index (χ3n) is 3.87. The second-order valence-corrected chi connectivity index (χ2v) is 5.34. The van der Waals surface area contributed by atoms with Crippen molar-refractivity contribution in [2.75, 3.05) is 0 Å². The molecule has 1 aliphatic rings. The van der Waals surface area contributed by atoms with E-state index in [1.807, 2.05) is 0 Å². The summed E-state index contributed by atoms with van der Waals surface area (Å²) in [6.07, 6.45) is -4.43. The van der Waals surface area contributed by atoms with Gasteiger partial charge in [0.2, 0.25) is 5.92 Å². The highest BCUT2D eigenvalue weighted by Crippen LogP contribution is 2.41. The molecule has 0 aromatic heterocycles. The number of benzene rings is 1. The van der Waals surface area contributed by atoms with Gasteiger partial charge in [0.15, 0.2) is 0 Å². The van der Waals surface area contributed by atoms with Crippen molar-refractivity contribution < 1.29 is 22.0 Å². The quantitative estimate of drug-likeness (QED) is 0.796. The van der Waals surface area contributed by atoms with Crippen molar-refractivity contribution in [3.05, 3.63) is 35.4 Å². The van der Waals surface area contributed by atoms with Crippen LogP contribution in [0.4, 0.5) is 22.0 Å². The Bertz CT molecular complexity index is 459. The zero-order chi connectivity index (χ0) is 15.0. The van der Waals surface area contributed by atoms with Crippen molar-refractivity contribution in [2.45, 2.75) is 43.8 Å². The maximum Gasteiger partial charge on any atom is 0.416 e. The second kappa shape index (κ2) is 5.31. The molecular formula is C14H16F5N. The molecule has 6 heteroatoms. The standard InChI is InChI=1S/C14H16F5N/c15-13(16)6-4-9(5-7-13)12(20)10-2-1-3-11(8-10)14(17,18)19/h1-3,8-9,12H,4-7,20H2. The fourth-order valence-electron chi connectivity index (χ4n) is 2.62. The highest BCUT2D eigenvalue weighted by molar-refractivity contribution is 5.28. The van der Waals surface area contributed by atoms with E-state index in [-0.39, 0.29) is 31.6 Å². The molecule has 1 aromatic carbocycles. The Labute approximate surface area is 114 Å². The Hall–Kier alpha value is -1.17. The van der Waals surface area contributed by atoms with Gasteiger partial charge in [-0.2, -0.15) is 13.2 Å². The largest absolute Gasteiger partial charge is 0.416 e. The van der Waals surface area contributed by atoms with Gasteiger partial charge >= 0.3 is 6.18 Å². The zero-order valence-corrected chi connectivity index (χ0v) is 10.8. The van der Waals surface area contributed by atoms with Crippen molar-refractivity contribution >= 4 is 0 Å². The molecule has 0 spiro atoms. The van der Waals surface area contributed by atoms with Gasteiger partial charge in [0.1, 0.15) is 0 Å². The van der Waals surface area contributed by atoms with E-state index in [4.69, 9.17) is 5.73 Å². The molecule has 1 saturated carbocycles. The number of hydrogen-bond acceptors (Lipinski definition) is 1.